The Morgan fingerprint density at radius 1 is 0.479 bits per heavy atom. The first kappa shape index (κ1) is 61.8. The first-order chi connectivity index (χ1) is 31.9. The van der Waals surface area contributed by atoms with Gasteiger partial charge in [-0.1, -0.05) is 105 Å². The SMILES string of the molecule is FC(F)(F)C(F)(F)C(F)(F)C(F)(F)C(F)(F)C(F)(F)CC(I)CO[C@@H]1[C@@H](OCC(I)CC(F)(F)C(F)(F)C(F)(F)C(F)(F)C(F)(F)C(F)(F)F)[C@H](Sc2ccccc2)O[C@@H]2CO[C@@H](c3ccccc3)O[C@@H]12. The van der Waals surface area contributed by atoms with Gasteiger partial charge in [-0.3, -0.25) is 0 Å². The summed E-state index contributed by atoms with van der Waals surface area (Å²) in [5, 5.41) is 0. The highest BCUT2D eigenvalue weighted by atomic mass is 127. The van der Waals surface area contributed by atoms with Gasteiger partial charge in [-0.05, 0) is 12.1 Å². The number of fused-ring (bicyclic) bond motifs is 1. The van der Waals surface area contributed by atoms with Gasteiger partial charge in [0, 0.05) is 31.1 Å². The highest BCUT2D eigenvalue weighted by Gasteiger charge is 2.92. The molecule has 2 fully saturated rings. The van der Waals surface area contributed by atoms with E-state index in [1.165, 1.54) is 60.7 Å². The van der Waals surface area contributed by atoms with Crippen molar-refractivity contribution in [2.75, 3.05) is 19.8 Å². The summed E-state index contributed by atoms with van der Waals surface area (Å²) < 4.78 is 384. The van der Waals surface area contributed by atoms with Crippen LogP contribution in [0.15, 0.2) is 65.6 Å². The fourth-order valence-corrected chi connectivity index (χ4v) is 9.06. The predicted molar refractivity (Wildman–Crippen MR) is 207 cm³/mol. The van der Waals surface area contributed by atoms with Gasteiger partial charge >= 0.3 is 71.6 Å². The van der Waals surface area contributed by atoms with E-state index in [0.717, 1.165) is 45.2 Å². The van der Waals surface area contributed by atoms with Gasteiger partial charge in [-0.15, -0.1) is 0 Å². The normalized spacial score (nSPS) is 24.1. The van der Waals surface area contributed by atoms with Crippen LogP contribution in [0.3, 0.4) is 0 Å². The van der Waals surface area contributed by atoms with Gasteiger partial charge in [0.15, 0.2) is 6.29 Å². The summed E-state index contributed by atoms with van der Waals surface area (Å²) in [5.74, 6) is -77.5. The molecule has 408 valence electrons. The van der Waals surface area contributed by atoms with E-state index < -0.39 is 148 Å². The lowest BCUT2D eigenvalue weighted by atomic mass is 9.92. The van der Waals surface area contributed by atoms with Gasteiger partial charge in [0.2, 0.25) is 0 Å². The topological polar surface area (TPSA) is 46.2 Å². The quantitative estimate of drug-likeness (QED) is 0.0705. The van der Waals surface area contributed by atoms with Crippen molar-refractivity contribution in [1.82, 2.24) is 0 Å². The number of alkyl halides is 28. The Balaban J connectivity index is 1.70. The molecule has 0 radical (unpaired) electrons. The summed E-state index contributed by atoms with van der Waals surface area (Å²) in [6.45, 7) is -3.59. The fraction of sp³-hybridized carbons (Fsp3) is 0.676. The molecule has 0 spiro atoms. The molecule has 4 rings (SSSR count). The third kappa shape index (κ3) is 11.5. The highest BCUT2D eigenvalue weighted by Crippen LogP contribution is 2.63. The lowest BCUT2D eigenvalue weighted by Crippen LogP contribution is -2.70. The first-order valence-corrected chi connectivity index (χ1v) is 22.4. The maximum atomic E-state index is 15.0. The summed E-state index contributed by atoms with van der Waals surface area (Å²) in [4.78, 5) is 0.182. The fourth-order valence-electron chi connectivity index (χ4n) is 6.39. The first-order valence-electron chi connectivity index (χ1n) is 19.0. The molecule has 2 heterocycles. The van der Waals surface area contributed by atoms with Crippen molar-refractivity contribution in [1.29, 1.82) is 0 Å². The Hall–Kier alpha value is -1.77. The molecule has 2 aliphatic rings. The Morgan fingerprint density at radius 2 is 0.845 bits per heavy atom. The molecule has 8 atom stereocenters. The molecule has 0 aliphatic carbocycles. The van der Waals surface area contributed by atoms with Gasteiger partial charge in [-0.25, -0.2) is 0 Å². The minimum atomic E-state index is -8.23. The van der Waals surface area contributed by atoms with E-state index in [9.17, 15) is 114 Å². The summed E-state index contributed by atoms with van der Waals surface area (Å²) in [7, 11) is 0. The summed E-state index contributed by atoms with van der Waals surface area (Å²) in [5.41, 5.74) is -1.52. The Morgan fingerprint density at radius 3 is 1.24 bits per heavy atom. The lowest BCUT2D eigenvalue weighted by Gasteiger charge is -2.49. The second-order valence-electron chi connectivity index (χ2n) is 15.3. The van der Waals surface area contributed by atoms with E-state index in [4.69, 9.17) is 23.7 Å². The molecule has 2 aromatic carbocycles. The van der Waals surface area contributed by atoms with Gasteiger partial charge in [-0.2, -0.15) is 114 Å². The zero-order valence-corrected chi connectivity index (χ0v) is 39.1. The zero-order chi connectivity index (χ0) is 54.6. The summed E-state index contributed by atoms with van der Waals surface area (Å²) >= 11 is 2.04. The lowest BCUT2D eigenvalue weighted by molar-refractivity contribution is -0.440. The molecule has 2 aromatic rings. The van der Waals surface area contributed by atoms with Crippen molar-refractivity contribution in [2.45, 2.75) is 133 Å². The van der Waals surface area contributed by atoms with Crippen LogP contribution in [0.5, 0.6) is 0 Å². The number of rotatable bonds is 21. The highest BCUT2D eigenvalue weighted by molar-refractivity contribution is 14.1. The molecule has 34 heteroatoms. The molecular weight excluding hydrogens is 1300 g/mol. The van der Waals surface area contributed by atoms with Gasteiger partial charge in [0.25, 0.3) is 0 Å². The molecule has 0 saturated carbocycles. The predicted octanol–water partition coefficient (Wildman–Crippen LogP) is 14.3. The van der Waals surface area contributed by atoms with Gasteiger partial charge < -0.3 is 23.7 Å². The third-order valence-electron chi connectivity index (χ3n) is 10.2. The molecule has 2 saturated heterocycles. The number of ether oxygens (including phenoxy) is 5. The van der Waals surface area contributed by atoms with Crippen molar-refractivity contribution in [3.63, 3.8) is 0 Å². The number of hydrogen-bond donors (Lipinski definition) is 0. The van der Waals surface area contributed by atoms with Crippen LogP contribution < -0.4 is 0 Å². The van der Waals surface area contributed by atoms with E-state index in [0.29, 0.717) is 11.8 Å². The molecule has 71 heavy (non-hydrogen) atoms. The molecule has 5 nitrogen and oxygen atoms in total. The van der Waals surface area contributed by atoms with Crippen LogP contribution in [-0.4, -0.2) is 129 Å². The van der Waals surface area contributed by atoms with Crippen LogP contribution in [0, 0.1) is 0 Å². The van der Waals surface area contributed by atoms with Crippen LogP contribution in [0.2, 0.25) is 0 Å². The number of hydrogen-bond acceptors (Lipinski definition) is 6. The maximum absolute atomic E-state index is 15.0. The number of halogens is 28. The second kappa shape index (κ2) is 21.0. The summed E-state index contributed by atoms with van der Waals surface area (Å²) in [6.07, 6.45) is -29.8. The van der Waals surface area contributed by atoms with E-state index >= 15 is 0 Å². The average molecular weight is 1330 g/mol. The van der Waals surface area contributed by atoms with Crippen LogP contribution in [0.25, 0.3) is 0 Å². The van der Waals surface area contributed by atoms with Crippen LogP contribution >= 0.6 is 56.9 Å². The maximum Gasteiger partial charge on any atom is 0.460 e. The molecule has 2 aliphatic heterocycles. The monoisotopic (exact) mass is 1330 g/mol. The smallest absolute Gasteiger partial charge is 0.371 e. The third-order valence-corrected chi connectivity index (χ3v) is 13.0. The molecule has 2 unspecified atom stereocenters. The Kier molecular flexibility index (Phi) is 18.3. The van der Waals surface area contributed by atoms with Crippen molar-refractivity contribution in [2.24, 2.45) is 0 Å². The van der Waals surface area contributed by atoms with E-state index in [2.05, 4.69) is 0 Å². The second-order valence-corrected chi connectivity index (χ2v) is 20.0. The molecule has 0 amide bonds. The largest absolute Gasteiger partial charge is 0.460 e. The number of benzene rings is 2. The Labute approximate surface area is 412 Å². The Bertz CT molecular complexity index is 2070. The van der Waals surface area contributed by atoms with Crippen LogP contribution in [0.1, 0.15) is 24.7 Å². The van der Waals surface area contributed by atoms with Crippen molar-refractivity contribution >= 4 is 56.9 Å². The van der Waals surface area contributed by atoms with Gasteiger partial charge in [0.1, 0.15) is 29.9 Å². The minimum absolute atomic E-state index is 0.177. The summed E-state index contributed by atoms with van der Waals surface area (Å²) in [6, 6.07) is 14.0. The van der Waals surface area contributed by atoms with E-state index in [-0.39, 0.29) is 10.5 Å². The minimum Gasteiger partial charge on any atom is -0.371 e. The molecule has 0 bridgehead atoms. The zero-order valence-electron chi connectivity index (χ0n) is 34.0. The molecule has 0 N–H and O–H groups in total. The van der Waals surface area contributed by atoms with E-state index in [1.807, 2.05) is 0 Å². The van der Waals surface area contributed by atoms with E-state index in [1.54, 1.807) is 0 Å². The van der Waals surface area contributed by atoms with Crippen molar-refractivity contribution in [3.05, 3.63) is 66.2 Å². The van der Waals surface area contributed by atoms with Crippen molar-refractivity contribution < 1.29 is 138 Å². The molecular formula is C37H28F26I2O5S. The van der Waals surface area contributed by atoms with Gasteiger partial charge in [0.05, 0.1) is 19.8 Å². The standard InChI is InChI=1S/C37H28F26I2O5S/c38-26(39,28(42,43)30(46,47)32(50,51)34(54,55)36(58,59)60)11-17(64)13-66-22-21-20(15-68-24(70-21)16-7-3-1-4-8-16)69-25(71-19-9-5-2-6-10-19)23(22)67-14-18(65)12-27(40,41)29(44,45)31(48,49)33(52,53)35(56,57)37(61,62)63/h1-10,17-18,20-25H,11-15H2/t17?,18?,20-,21-,22+,23-,24-,25+/m1/s1. The molecule has 0 aromatic heterocycles. The van der Waals surface area contributed by atoms with Crippen LogP contribution in [-0.2, 0) is 23.7 Å². The average Bonchev–Trinajstić information content (AvgIpc) is 3.23. The van der Waals surface area contributed by atoms with Crippen molar-refractivity contribution in [3.8, 4) is 0 Å². The van der Waals surface area contributed by atoms with Crippen LogP contribution in [0.4, 0.5) is 114 Å². The number of thioether (sulfide) groups is 1.